The van der Waals surface area contributed by atoms with Crippen molar-refractivity contribution in [2.75, 3.05) is 13.1 Å². The lowest BCUT2D eigenvalue weighted by Gasteiger charge is -2.29. The van der Waals surface area contributed by atoms with Gasteiger partial charge in [-0.3, -0.25) is 21.4 Å². The van der Waals surface area contributed by atoms with Crippen molar-refractivity contribution >= 4 is 30.5 Å². The standard InChI is InChI=1S/C18H24BN2O6/c1-9-11(3)17(12(4)10(2)13(9)6-14(20)18(24)25)19-26-15(22)7-21(5)8-16(23)27-19/h14H,5-8,20H2,1-4H3,(H,24,25)/q-1. The van der Waals surface area contributed by atoms with Crippen LogP contribution in [-0.2, 0) is 30.1 Å². The summed E-state index contributed by atoms with van der Waals surface area (Å²) < 4.78 is 10.7. The molecule has 1 atom stereocenters. The molecule has 0 radical (unpaired) electrons. The van der Waals surface area contributed by atoms with Gasteiger partial charge in [-0.2, -0.15) is 0 Å². The van der Waals surface area contributed by atoms with Gasteiger partial charge in [0.25, 0.3) is 0 Å². The molecule has 1 aliphatic heterocycles. The Labute approximate surface area is 158 Å². The maximum atomic E-state index is 12.0. The lowest BCUT2D eigenvalue weighted by Crippen LogP contribution is -2.49. The lowest BCUT2D eigenvalue weighted by molar-refractivity contribution is -0.145. The second-order valence-corrected chi connectivity index (χ2v) is 6.84. The molecule has 3 N–H and O–H groups in total. The molecule has 1 aromatic carbocycles. The highest BCUT2D eigenvalue weighted by molar-refractivity contribution is 6.65. The molecule has 0 saturated carbocycles. The van der Waals surface area contributed by atoms with Gasteiger partial charge in [0.15, 0.2) is 0 Å². The molecule has 0 aliphatic carbocycles. The molecular formula is C18H24BN2O6-. The average molecular weight is 375 g/mol. The van der Waals surface area contributed by atoms with Gasteiger partial charge in [0, 0.05) is 5.46 Å². The maximum Gasteiger partial charge on any atom is 0.637 e. The normalized spacial score (nSPS) is 17.0. The van der Waals surface area contributed by atoms with Crippen LogP contribution in [0.5, 0.6) is 0 Å². The van der Waals surface area contributed by atoms with Gasteiger partial charge in [0.2, 0.25) is 0 Å². The van der Waals surface area contributed by atoms with Crippen molar-refractivity contribution in [1.82, 2.24) is 4.90 Å². The average Bonchev–Trinajstić information content (AvgIpc) is 2.55. The third-order valence-electron chi connectivity index (χ3n) is 5.00. The Morgan fingerprint density at radius 2 is 1.56 bits per heavy atom. The Bertz CT molecular complexity index is 746. The Morgan fingerprint density at radius 1 is 1.11 bits per heavy atom. The van der Waals surface area contributed by atoms with Crippen LogP contribution in [0, 0.1) is 34.7 Å². The highest BCUT2D eigenvalue weighted by Gasteiger charge is 2.37. The molecule has 1 aliphatic rings. The largest absolute Gasteiger partial charge is 0.637 e. The van der Waals surface area contributed by atoms with E-state index < -0.39 is 31.1 Å². The molecule has 0 amide bonds. The molecule has 9 heteroatoms. The summed E-state index contributed by atoms with van der Waals surface area (Å²) in [5, 5.41) is 9.11. The summed E-state index contributed by atoms with van der Waals surface area (Å²) in [6.45, 7) is 7.10. The van der Waals surface area contributed by atoms with Crippen molar-refractivity contribution in [2.45, 2.75) is 40.2 Å². The summed E-state index contributed by atoms with van der Waals surface area (Å²) in [7, 11) is 2.43. The number of rotatable bonds is 4. The SMILES string of the molecule is [CH2-]N1CC(=O)OB(c2c(C)c(C)c(CC(N)C(=O)O)c(C)c2C)OC(=O)C1. The zero-order valence-electron chi connectivity index (χ0n) is 16.0. The number of hydrogen-bond donors (Lipinski definition) is 2. The molecule has 1 fully saturated rings. The second-order valence-electron chi connectivity index (χ2n) is 6.84. The molecule has 8 nitrogen and oxygen atoms in total. The van der Waals surface area contributed by atoms with Crippen molar-refractivity contribution in [3.05, 3.63) is 34.9 Å². The van der Waals surface area contributed by atoms with Crippen LogP contribution < -0.4 is 11.2 Å². The Kier molecular flexibility index (Phi) is 6.28. The molecule has 0 spiro atoms. The monoisotopic (exact) mass is 375 g/mol. The molecule has 1 saturated heterocycles. The number of carboxylic acids is 1. The predicted molar refractivity (Wildman–Crippen MR) is 99.2 cm³/mol. The fraction of sp³-hybridized carbons (Fsp3) is 0.444. The number of benzene rings is 1. The topological polar surface area (TPSA) is 119 Å². The summed E-state index contributed by atoms with van der Waals surface area (Å²) in [6, 6.07) is -1.02. The van der Waals surface area contributed by atoms with E-state index in [0.29, 0.717) is 5.46 Å². The number of nitrogens with two attached hydrogens (primary N) is 1. The van der Waals surface area contributed by atoms with Crippen molar-refractivity contribution in [1.29, 1.82) is 0 Å². The molecular weight excluding hydrogens is 351 g/mol. The smallest absolute Gasteiger partial charge is 0.494 e. The van der Waals surface area contributed by atoms with Gasteiger partial charge in [-0.15, -0.1) is 0 Å². The van der Waals surface area contributed by atoms with Crippen molar-refractivity contribution in [2.24, 2.45) is 5.73 Å². The minimum absolute atomic E-state index is 0.118. The summed E-state index contributed by atoms with van der Waals surface area (Å²) in [5.41, 5.74) is 10.3. The number of carbonyl (C=O) groups is 3. The maximum absolute atomic E-state index is 12.0. The highest BCUT2D eigenvalue weighted by atomic mass is 16.6. The van der Waals surface area contributed by atoms with Gasteiger partial charge >= 0.3 is 25.0 Å². The molecule has 27 heavy (non-hydrogen) atoms. The number of hydrogen-bond acceptors (Lipinski definition) is 7. The first-order chi connectivity index (χ1) is 12.5. The molecule has 1 aromatic rings. The lowest BCUT2D eigenvalue weighted by atomic mass is 9.69. The van der Waals surface area contributed by atoms with E-state index >= 15 is 0 Å². The van der Waals surface area contributed by atoms with Crippen LogP contribution in [0.25, 0.3) is 0 Å². The quantitative estimate of drug-likeness (QED) is 0.547. The van der Waals surface area contributed by atoms with E-state index in [-0.39, 0.29) is 19.5 Å². The highest BCUT2D eigenvalue weighted by Crippen LogP contribution is 2.23. The third-order valence-corrected chi connectivity index (χ3v) is 5.00. The molecule has 146 valence electrons. The number of nitrogens with zero attached hydrogens (tertiary/aromatic N) is 1. The molecule has 1 heterocycles. The van der Waals surface area contributed by atoms with E-state index in [9.17, 15) is 14.4 Å². The van der Waals surface area contributed by atoms with Crippen LogP contribution >= 0.6 is 0 Å². The van der Waals surface area contributed by atoms with Gasteiger partial charge in [0.05, 0.1) is 13.1 Å². The summed E-state index contributed by atoms with van der Waals surface area (Å²) in [5.74, 6) is -2.17. The molecule has 1 unspecified atom stereocenters. The number of carboxylic acid groups (broad SMARTS) is 1. The third kappa shape index (κ3) is 4.48. The van der Waals surface area contributed by atoms with Crippen LogP contribution in [-0.4, -0.2) is 54.2 Å². The van der Waals surface area contributed by atoms with Crippen molar-refractivity contribution < 1.29 is 28.8 Å². The van der Waals surface area contributed by atoms with Crippen LogP contribution in [0.15, 0.2) is 0 Å². The fourth-order valence-corrected chi connectivity index (χ4v) is 3.26. The van der Waals surface area contributed by atoms with Crippen LogP contribution in [0.3, 0.4) is 0 Å². The predicted octanol–water partition coefficient (Wildman–Crippen LogP) is -0.237. The number of aliphatic carboxylic acids is 1. The summed E-state index contributed by atoms with van der Waals surface area (Å²) in [4.78, 5) is 36.5. The first kappa shape index (κ1) is 20.9. The van der Waals surface area contributed by atoms with Gasteiger partial charge in [-0.25, -0.2) is 0 Å². The Balaban J connectivity index is 2.49. The van der Waals surface area contributed by atoms with Crippen LogP contribution in [0.4, 0.5) is 0 Å². The Hall–Kier alpha value is -2.39. The summed E-state index contributed by atoms with van der Waals surface area (Å²) >= 11 is 0. The van der Waals surface area contributed by atoms with Gasteiger partial charge in [-0.1, -0.05) is 0 Å². The first-order valence-electron chi connectivity index (χ1n) is 8.54. The number of carbonyl (C=O) groups excluding carboxylic acids is 2. The fourth-order valence-electron chi connectivity index (χ4n) is 3.26. The van der Waals surface area contributed by atoms with Gasteiger partial charge < -0.3 is 25.0 Å². The molecule has 0 aromatic heterocycles. The zero-order valence-corrected chi connectivity index (χ0v) is 16.0. The van der Waals surface area contributed by atoms with E-state index in [1.807, 2.05) is 27.7 Å². The zero-order chi connectivity index (χ0) is 20.5. The van der Waals surface area contributed by atoms with Gasteiger partial charge in [-0.05, 0) is 61.9 Å². The minimum atomic E-state index is -1.15. The minimum Gasteiger partial charge on any atom is -0.494 e. The molecule has 0 bridgehead atoms. The van der Waals surface area contributed by atoms with E-state index in [1.165, 1.54) is 4.90 Å². The first-order valence-corrected chi connectivity index (χ1v) is 8.54. The molecule has 2 rings (SSSR count). The van der Waals surface area contributed by atoms with E-state index in [2.05, 4.69) is 7.05 Å². The Morgan fingerprint density at radius 3 is 1.96 bits per heavy atom. The van der Waals surface area contributed by atoms with Crippen LogP contribution in [0.2, 0.25) is 0 Å². The van der Waals surface area contributed by atoms with E-state index in [4.69, 9.17) is 20.1 Å². The van der Waals surface area contributed by atoms with E-state index in [1.54, 1.807) is 0 Å². The summed E-state index contributed by atoms with van der Waals surface area (Å²) in [6.07, 6.45) is 0.176. The van der Waals surface area contributed by atoms with Gasteiger partial charge in [0.1, 0.15) is 6.04 Å². The van der Waals surface area contributed by atoms with Crippen molar-refractivity contribution in [3.8, 4) is 0 Å². The van der Waals surface area contributed by atoms with Crippen molar-refractivity contribution in [3.63, 3.8) is 0 Å². The second kappa shape index (κ2) is 8.10. The van der Waals surface area contributed by atoms with E-state index in [0.717, 1.165) is 27.8 Å². The van der Waals surface area contributed by atoms with Crippen LogP contribution in [0.1, 0.15) is 27.8 Å².